The van der Waals surface area contributed by atoms with Gasteiger partial charge in [-0.3, -0.25) is 9.48 Å². The standard InChI is InChI=1S/C11H17N3O2/c1-4-5-12-11(16)6-14-9(3)10(7-15)8(2)13-14/h4,15H,1,5-7H2,2-3H3,(H,12,16). The highest BCUT2D eigenvalue weighted by Crippen LogP contribution is 2.12. The molecule has 0 aliphatic carbocycles. The van der Waals surface area contributed by atoms with Crippen molar-refractivity contribution >= 4 is 5.91 Å². The van der Waals surface area contributed by atoms with Gasteiger partial charge in [0.05, 0.1) is 12.3 Å². The number of aromatic nitrogens is 2. The lowest BCUT2D eigenvalue weighted by Gasteiger charge is -2.05. The Morgan fingerprint density at radius 3 is 2.81 bits per heavy atom. The number of aliphatic hydroxyl groups excluding tert-OH is 1. The van der Waals surface area contributed by atoms with Crippen molar-refractivity contribution in [2.45, 2.75) is 27.0 Å². The third-order valence-electron chi connectivity index (χ3n) is 2.43. The Morgan fingerprint density at radius 2 is 2.31 bits per heavy atom. The van der Waals surface area contributed by atoms with Crippen LogP contribution in [0.4, 0.5) is 0 Å². The molecule has 1 amide bonds. The zero-order chi connectivity index (χ0) is 12.1. The molecular weight excluding hydrogens is 206 g/mol. The Kier molecular flexibility index (Phi) is 4.25. The molecule has 0 saturated heterocycles. The molecule has 16 heavy (non-hydrogen) atoms. The summed E-state index contributed by atoms with van der Waals surface area (Å²) in [6, 6.07) is 0. The molecule has 1 rings (SSSR count). The molecule has 5 nitrogen and oxygen atoms in total. The molecule has 0 spiro atoms. The number of aryl methyl sites for hydroxylation is 1. The Labute approximate surface area is 94.8 Å². The van der Waals surface area contributed by atoms with E-state index in [1.807, 2.05) is 13.8 Å². The molecule has 2 N–H and O–H groups in total. The molecule has 0 aliphatic heterocycles. The highest BCUT2D eigenvalue weighted by molar-refractivity contribution is 5.75. The van der Waals surface area contributed by atoms with Gasteiger partial charge in [-0.15, -0.1) is 6.58 Å². The molecule has 5 heteroatoms. The number of carbonyl (C=O) groups is 1. The van der Waals surface area contributed by atoms with Crippen LogP contribution in [0.3, 0.4) is 0 Å². The molecule has 1 aromatic heterocycles. The van der Waals surface area contributed by atoms with Crippen molar-refractivity contribution in [3.05, 3.63) is 29.6 Å². The first-order valence-corrected chi connectivity index (χ1v) is 5.11. The lowest BCUT2D eigenvalue weighted by atomic mass is 10.2. The molecule has 0 radical (unpaired) electrons. The Hall–Kier alpha value is -1.62. The number of hydrogen-bond donors (Lipinski definition) is 2. The molecule has 1 heterocycles. The van der Waals surface area contributed by atoms with E-state index in [0.29, 0.717) is 6.54 Å². The van der Waals surface area contributed by atoms with Gasteiger partial charge >= 0.3 is 0 Å². The quantitative estimate of drug-likeness (QED) is 0.705. The number of carbonyl (C=O) groups excluding carboxylic acids is 1. The SMILES string of the molecule is C=CCNC(=O)Cn1nc(C)c(CO)c1C. The highest BCUT2D eigenvalue weighted by Gasteiger charge is 2.12. The maximum absolute atomic E-state index is 11.5. The summed E-state index contributed by atoms with van der Waals surface area (Å²) in [6.07, 6.45) is 1.62. The highest BCUT2D eigenvalue weighted by atomic mass is 16.3. The minimum Gasteiger partial charge on any atom is -0.392 e. The minimum absolute atomic E-state index is 0.0497. The van der Waals surface area contributed by atoms with Gasteiger partial charge in [0.2, 0.25) is 5.91 Å². The maximum Gasteiger partial charge on any atom is 0.241 e. The van der Waals surface area contributed by atoms with E-state index in [1.165, 1.54) is 0 Å². The first-order chi connectivity index (χ1) is 7.60. The fraction of sp³-hybridized carbons (Fsp3) is 0.455. The third-order valence-corrected chi connectivity index (χ3v) is 2.43. The van der Waals surface area contributed by atoms with Gasteiger partial charge < -0.3 is 10.4 Å². The number of nitrogens with zero attached hydrogens (tertiary/aromatic N) is 2. The van der Waals surface area contributed by atoms with Crippen LogP contribution >= 0.6 is 0 Å². The van der Waals surface area contributed by atoms with Gasteiger partial charge in [0.1, 0.15) is 6.54 Å². The first-order valence-electron chi connectivity index (χ1n) is 5.11. The molecule has 0 saturated carbocycles. The van der Waals surface area contributed by atoms with E-state index in [-0.39, 0.29) is 19.1 Å². The van der Waals surface area contributed by atoms with Gasteiger partial charge in [-0.1, -0.05) is 6.08 Å². The fourth-order valence-corrected chi connectivity index (χ4v) is 1.49. The summed E-state index contributed by atoms with van der Waals surface area (Å²) in [4.78, 5) is 11.5. The fourth-order valence-electron chi connectivity index (χ4n) is 1.49. The van der Waals surface area contributed by atoms with Crippen molar-refractivity contribution < 1.29 is 9.90 Å². The number of rotatable bonds is 5. The van der Waals surface area contributed by atoms with E-state index in [9.17, 15) is 4.79 Å². The second kappa shape index (κ2) is 5.46. The maximum atomic E-state index is 11.5. The van der Waals surface area contributed by atoms with Gasteiger partial charge in [-0.25, -0.2) is 0 Å². The van der Waals surface area contributed by atoms with Crippen molar-refractivity contribution in [1.82, 2.24) is 15.1 Å². The summed E-state index contributed by atoms with van der Waals surface area (Å²) >= 11 is 0. The van der Waals surface area contributed by atoms with E-state index < -0.39 is 0 Å². The lowest BCUT2D eigenvalue weighted by molar-refractivity contribution is -0.121. The molecule has 0 aromatic carbocycles. The number of amides is 1. The first kappa shape index (κ1) is 12.4. The molecule has 0 atom stereocenters. The van der Waals surface area contributed by atoms with Gasteiger partial charge in [-0.2, -0.15) is 5.10 Å². The van der Waals surface area contributed by atoms with E-state index >= 15 is 0 Å². The van der Waals surface area contributed by atoms with Crippen molar-refractivity contribution in [3.63, 3.8) is 0 Å². The van der Waals surface area contributed by atoms with Gasteiger partial charge in [0.15, 0.2) is 0 Å². The van der Waals surface area contributed by atoms with E-state index in [4.69, 9.17) is 5.11 Å². The lowest BCUT2D eigenvalue weighted by Crippen LogP contribution is -2.28. The Bertz CT molecular complexity index is 396. The topological polar surface area (TPSA) is 67.2 Å². The van der Waals surface area contributed by atoms with Crippen LogP contribution < -0.4 is 5.32 Å². The van der Waals surface area contributed by atoms with Crippen molar-refractivity contribution in [1.29, 1.82) is 0 Å². The van der Waals surface area contributed by atoms with Crippen LogP contribution in [0.5, 0.6) is 0 Å². The van der Waals surface area contributed by atoms with Crippen molar-refractivity contribution in [3.8, 4) is 0 Å². The molecule has 0 fully saturated rings. The van der Waals surface area contributed by atoms with Crippen LogP contribution in [0.2, 0.25) is 0 Å². The number of nitrogens with one attached hydrogen (secondary N) is 1. The monoisotopic (exact) mass is 223 g/mol. The number of hydrogen-bond acceptors (Lipinski definition) is 3. The molecule has 0 unspecified atom stereocenters. The summed E-state index contributed by atoms with van der Waals surface area (Å²) in [7, 11) is 0. The molecule has 0 bridgehead atoms. The normalized spacial score (nSPS) is 10.2. The Morgan fingerprint density at radius 1 is 1.62 bits per heavy atom. The second-order valence-corrected chi connectivity index (χ2v) is 3.56. The zero-order valence-corrected chi connectivity index (χ0v) is 9.66. The van der Waals surface area contributed by atoms with Gasteiger partial charge in [0, 0.05) is 17.8 Å². The average molecular weight is 223 g/mol. The predicted molar refractivity (Wildman–Crippen MR) is 60.8 cm³/mol. The van der Waals surface area contributed by atoms with E-state index in [2.05, 4.69) is 17.0 Å². The minimum atomic E-state index is -0.116. The van der Waals surface area contributed by atoms with Crippen LogP contribution in [0.1, 0.15) is 17.0 Å². The van der Waals surface area contributed by atoms with Crippen LogP contribution in [0.25, 0.3) is 0 Å². The van der Waals surface area contributed by atoms with E-state index in [1.54, 1.807) is 10.8 Å². The molecule has 88 valence electrons. The molecular formula is C11H17N3O2. The summed E-state index contributed by atoms with van der Waals surface area (Å²) in [5.41, 5.74) is 2.38. The van der Waals surface area contributed by atoms with Crippen LogP contribution in [0, 0.1) is 13.8 Å². The summed E-state index contributed by atoms with van der Waals surface area (Å²) in [6.45, 7) is 7.74. The van der Waals surface area contributed by atoms with Crippen molar-refractivity contribution in [2.75, 3.05) is 6.54 Å². The Balaban J connectivity index is 2.74. The molecule has 0 aliphatic rings. The van der Waals surface area contributed by atoms with Gasteiger partial charge in [-0.05, 0) is 13.8 Å². The summed E-state index contributed by atoms with van der Waals surface area (Å²) < 4.78 is 1.60. The van der Waals surface area contributed by atoms with E-state index in [0.717, 1.165) is 17.0 Å². The van der Waals surface area contributed by atoms with Crippen LogP contribution in [0.15, 0.2) is 12.7 Å². The molecule has 1 aromatic rings. The average Bonchev–Trinajstić information content (AvgIpc) is 2.51. The summed E-state index contributed by atoms with van der Waals surface area (Å²) in [5, 5.41) is 16.0. The summed E-state index contributed by atoms with van der Waals surface area (Å²) in [5.74, 6) is -0.116. The van der Waals surface area contributed by atoms with Gasteiger partial charge in [0.25, 0.3) is 0 Å². The smallest absolute Gasteiger partial charge is 0.241 e. The van der Waals surface area contributed by atoms with Crippen LogP contribution in [-0.2, 0) is 17.9 Å². The third kappa shape index (κ3) is 2.70. The van der Waals surface area contributed by atoms with Crippen molar-refractivity contribution in [2.24, 2.45) is 0 Å². The predicted octanol–water partition coefficient (Wildman–Crippen LogP) is 0.294. The van der Waals surface area contributed by atoms with Crippen LogP contribution in [-0.4, -0.2) is 27.3 Å². The number of aliphatic hydroxyl groups is 1. The second-order valence-electron chi connectivity index (χ2n) is 3.56. The zero-order valence-electron chi connectivity index (χ0n) is 9.66. The largest absolute Gasteiger partial charge is 0.392 e.